The zero-order chi connectivity index (χ0) is 22.2. The normalized spacial score (nSPS) is 11.4. The largest absolute Gasteiger partial charge is 0.380 e. The van der Waals surface area contributed by atoms with Gasteiger partial charge in [-0.3, -0.25) is 9.89 Å². The Morgan fingerprint density at radius 1 is 1.10 bits per heavy atom. The molecule has 7 nitrogen and oxygen atoms in total. The standard InChI is InChI=1S/C21H20F3N5O2/c1-2-31-10-9-25-21(27-20(30)14-5-8-16(23)17(24)11-14)26-19-12-18(28-29-19)13-3-6-15(22)7-4-13/h3-8,11-12H,2,9-10H2,1H3,(H3,25,26,27,28,29,30). The van der Waals surface area contributed by atoms with Gasteiger partial charge in [-0.2, -0.15) is 10.1 Å². The van der Waals surface area contributed by atoms with Crippen LogP contribution in [0.4, 0.5) is 19.0 Å². The van der Waals surface area contributed by atoms with E-state index in [-0.39, 0.29) is 17.3 Å². The van der Waals surface area contributed by atoms with Crippen LogP contribution >= 0.6 is 0 Å². The molecule has 31 heavy (non-hydrogen) atoms. The number of aromatic nitrogens is 2. The summed E-state index contributed by atoms with van der Waals surface area (Å²) in [6, 6.07) is 10.2. The number of halogens is 3. The number of carbonyl (C=O) groups is 1. The van der Waals surface area contributed by atoms with Crippen LogP contribution in [0.3, 0.4) is 0 Å². The number of carbonyl (C=O) groups excluding carboxylic acids is 1. The van der Waals surface area contributed by atoms with Crippen molar-refractivity contribution in [3.63, 3.8) is 0 Å². The molecule has 0 bridgehead atoms. The van der Waals surface area contributed by atoms with E-state index in [4.69, 9.17) is 4.74 Å². The fourth-order valence-electron chi connectivity index (χ4n) is 2.57. The lowest BCUT2D eigenvalue weighted by atomic mass is 10.1. The molecule has 10 heteroatoms. The number of benzene rings is 2. The van der Waals surface area contributed by atoms with Crippen LogP contribution in [0.25, 0.3) is 11.3 Å². The van der Waals surface area contributed by atoms with Gasteiger partial charge in [0.2, 0.25) is 5.96 Å². The SMILES string of the molecule is CCOCCN/C(=N/C(=O)c1ccc(F)c(F)c1)Nc1cc(-c2ccc(F)cc2)n[nH]1. The van der Waals surface area contributed by atoms with Crippen LogP contribution < -0.4 is 10.6 Å². The van der Waals surface area contributed by atoms with E-state index in [0.717, 1.165) is 18.2 Å². The first-order valence-corrected chi connectivity index (χ1v) is 9.44. The number of H-pyrrole nitrogens is 1. The van der Waals surface area contributed by atoms with Gasteiger partial charge >= 0.3 is 0 Å². The molecule has 1 amide bonds. The molecule has 1 heterocycles. The van der Waals surface area contributed by atoms with Gasteiger partial charge in [0.05, 0.1) is 12.3 Å². The Kier molecular flexibility index (Phi) is 7.39. The second-order valence-electron chi connectivity index (χ2n) is 6.32. The summed E-state index contributed by atoms with van der Waals surface area (Å²) in [5, 5.41) is 12.7. The fourth-order valence-corrected chi connectivity index (χ4v) is 2.57. The van der Waals surface area contributed by atoms with Gasteiger partial charge in [0.25, 0.3) is 5.91 Å². The van der Waals surface area contributed by atoms with Crippen molar-refractivity contribution in [3.8, 4) is 11.3 Å². The van der Waals surface area contributed by atoms with Crippen LogP contribution in [-0.4, -0.2) is 41.8 Å². The highest BCUT2D eigenvalue weighted by Crippen LogP contribution is 2.20. The number of amides is 1. The Hall–Kier alpha value is -3.66. The molecule has 3 N–H and O–H groups in total. The number of aliphatic imine (C=N–C) groups is 1. The summed E-state index contributed by atoms with van der Waals surface area (Å²) in [5.74, 6) is -2.87. The van der Waals surface area contributed by atoms with Gasteiger partial charge in [0, 0.05) is 30.3 Å². The maximum Gasteiger partial charge on any atom is 0.280 e. The zero-order valence-electron chi connectivity index (χ0n) is 16.6. The second kappa shape index (κ2) is 10.4. The van der Waals surface area contributed by atoms with Crippen molar-refractivity contribution in [2.75, 3.05) is 25.1 Å². The van der Waals surface area contributed by atoms with Crippen LogP contribution in [0.15, 0.2) is 53.5 Å². The molecule has 1 aromatic heterocycles. The molecule has 3 rings (SSSR count). The highest BCUT2D eigenvalue weighted by molar-refractivity contribution is 6.06. The van der Waals surface area contributed by atoms with Crippen molar-refractivity contribution in [2.24, 2.45) is 4.99 Å². The third-order valence-electron chi connectivity index (χ3n) is 4.09. The van der Waals surface area contributed by atoms with Crippen molar-refractivity contribution in [2.45, 2.75) is 6.92 Å². The van der Waals surface area contributed by atoms with Gasteiger partial charge in [0.1, 0.15) is 11.6 Å². The minimum absolute atomic E-state index is 0.0590. The Morgan fingerprint density at radius 2 is 1.87 bits per heavy atom. The van der Waals surface area contributed by atoms with Crippen LogP contribution in [0, 0.1) is 17.5 Å². The maximum absolute atomic E-state index is 13.4. The van der Waals surface area contributed by atoms with Gasteiger partial charge in [-0.25, -0.2) is 13.2 Å². The molecule has 162 valence electrons. The Bertz CT molecular complexity index is 1070. The number of rotatable bonds is 7. The molecule has 0 saturated carbocycles. The summed E-state index contributed by atoms with van der Waals surface area (Å²) >= 11 is 0. The molecule has 3 aromatic rings. The molecule has 0 spiro atoms. The number of nitrogens with one attached hydrogen (secondary N) is 3. The van der Waals surface area contributed by atoms with E-state index in [0.29, 0.717) is 36.8 Å². The smallest absolute Gasteiger partial charge is 0.280 e. The Balaban J connectivity index is 1.78. The number of hydrogen-bond donors (Lipinski definition) is 3. The van der Waals surface area contributed by atoms with E-state index in [2.05, 4.69) is 25.8 Å². The van der Waals surface area contributed by atoms with Crippen LogP contribution in [0.2, 0.25) is 0 Å². The van der Waals surface area contributed by atoms with E-state index in [1.54, 1.807) is 18.2 Å². The lowest BCUT2D eigenvalue weighted by Gasteiger charge is -2.10. The van der Waals surface area contributed by atoms with Gasteiger partial charge in [-0.15, -0.1) is 0 Å². The number of guanidine groups is 1. The van der Waals surface area contributed by atoms with E-state index in [1.165, 1.54) is 12.1 Å². The number of ether oxygens (including phenoxy) is 1. The third-order valence-corrected chi connectivity index (χ3v) is 4.09. The lowest BCUT2D eigenvalue weighted by Crippen LogP contribution is -2.34. The first kappa shape index (κ1) is 22.0. The van der Waals surface area contributed by atoms with E-state index in [1.807, 2.05) is 6.92 Å². The van der Waals surface area contributed by atoms with Crippen LogP contribution in [0.1, 0.15) is 17.3 Å². The monoisotopic (exact) mass is 431 g/mol. The van der Waals surface area contributed by atoms with Gasteiger partial charge in [-0.05, 0) is 49.4 Å². The maximum atomic E-state index is 13.4. The van der Waals surface area contributed by atoms with Crippen molar-refractivity contribution in [1.29, 1.82) is 0 Å². The van der Waals surface area contributed by atoms with Gasteiger partial charge in [0.15, 0.2) is 11.6 Å². The first-order valence-electron chi connectivity index (χ1n) is 9.44. The summed E-state index contributed by atoms with van der Waals surface area (Å²) in [6.07, 6.45) is 0. The van der Waals surface area contributed by atoms with Crippen molar-refractivity contribution in [1.82, 2.24) is 15.5 Å². The van der Waals surface area contributed by atoms with Gasteiger partial charge in [-0.1, -0.05) is 0 Å². The molecule has 0 radical (unpaired) electrons. The summed E-state index contributed by atoms with van der Waals surface area (Å²) in [4.78, 5) is 16.3. The van der Waals surface area contributed by atoms with Crippen molar-refractivity contribution in [3.05, 3.63) is 71.5 Å². The van der Waals surface area contributed by atoms with Gasteiger partial charge < -0.3 is 15.4 Å². The highest BCUT2D eigenvalue weighted by atomic mass is 19.2. The van der Waals surface area contributed by atoms with E-state index in [9.17, 15) is 18.0 Å². The van der Waals surface area contributed by atoms with E-state index >= 15 is 0 Å². The predicted octanol–water partition coefficient (Wildman–Crippen LogP) is 3.73. The number of aromatic amines is 1. The third kappa shape index (κ3) is 6.16. The number of hydrogen-bond acceptors (Lipinski definition) is 3. The average molecular weight is 431 g/mol. The molecule has 0 aliphatic heterocycles. The molecule has 0 aliphatic rings. The number of anilines is 1. The molecular formula is C21H20F3N5O2. The molecule has 0 aliphatic carbocycles. The Morgan fingerprint density at radius 3 is 2.58 bits per heavy atom. The Labute approximate surface area is 176 Å². The lowest BCUT2D eigenvalue weighted by molar-refractivity contribution is 0.100. The van der Waals surface area contributed by atoms with Crippen LogP contribution in [0.5, 0.6) is 0 Å². The second-order valence-corrected chi connectivity index (χ2v) is 6.32. The van der Waals surface area contributed by atoms with Crippen molar-refractivity contribution < 1.29 is 22.7 Å². The van der Waals surface area contributed by atoms with Crippen LogP contribution in [-0.2, 0) is 4.74 Å². The summed E-state index contributed by atoms with van der Waals surface area (Å²) in [6.45, 7) is 3.07. The zero-order valence-corrected chi connectivity index (χ0v) is 16.6. The minimum atomic E-state index is -1.14. The summed E-state index contributed by atoms with van der Waals surface area (Å²) in [5.41, 5.74) is 1.12. The molecule has 0 atom stereocenters. The average Bonchev–Trinajstić information content (AvgIpc) is 3.22. The molecule has 0 saturated heterocycles. The molecule has 2 aromatic carbocycles. The quantitative estimate of drug-likeness (QED) is 0.301. The summed E-state index contributed by atoms with van der Waals surface area (Å²) in [7, 11) is 0. The minimum Gasteiger partial charge on any atom is -0.380 e. The molecule has 0 unspecified atom stereocenters. The fraction of sp³-hybridized carbons (Fsp3) is 0.190. The highest BCUT2D eigenvalue weighted by Gasteiger charge is 2.12. The molecular weight excluding hydrogens is 411 g/mol. The predicted molar refractivity (Wildman–Crippen MR) is 110 cm³/mol. The topological polar surface area (TPSA) is 91.4 Å². The first-order chi connectivity index (χ1) is 15.0. The summed E-state index contributed by atoms with van der Waals surface area (Å²) < 4.78 is 44.9. The number of nitrogens with zero attached hydrogens (tertiary/aromatic N) is 2. The van der Waals surface area contributed by atoms with E-state index < -0.39 is 17.5 Å². The van der Waals surface area contributed by atoms with Crippen molar-refractivity contribution >= 4 is 17.7 Å². The molecule has 0 fully saturated rings.